The minimum atomic E-state index is -0.692. The topological polar surface area (TPSA) is 98.7 Å². The van der Waals surface area contributed by atoms with Gasteiger partial charge in [0.25, 0.3) is 0 Å². The third-order valence-electron chi connectivity index (χ3n) is 1.80. The summed E-state index contributed by atoms with van der Waals surface area (Å²) in [5.41, 5.74) is 2.85. The molecule has 6 heteroatoms. The lowest BCUT2D eigenvalue weighted by Crippen LogP contribution is -2.37. The molecule has 0 aromatic carbocycles. The molecule has 0 saturated carbocycles. The van der Waals surface area contributed by atoms with Crippen molar-refractivity contribution in [1.29, 1.82) is 0 Å². The zero-order valence-corrected chi connectivity index (χ0v) is 6.87. The second kappa shape index (κ2) is 4.68. The minimum absolute atomic E-state index is 0.661. The average Bonchev–Trinajstić information content (AvgIpc) is 2.12. The smallest absolute Gasteiger partial charge is 0.246 e. The zero-order valence-electron chi connectivity index (χ0n) is 6.87. The summed E-state index contributed by atoms with van der Waals surface area (Å²) in [5, 5.41) is 16.4. The Morgan fingerprint density at radius 1 is 1.00 bits per heavy atom. The largest absolute Gasteiger partial charge is 0.289 e. The van der Waals surface area contributed by atoms with Crippen LogP contribution in [0.4, 0.5) is 0 Å². The molecule has 0 saturated heterocycles. The molecule has 0 bridgehead atoms. The summed E-state index contributed by atoms with van der Waals surface area (Å²) in [6.45, 7) is 2.93. The van der Waals surface area contributed by atoms with Crippen LogP contribution in [0, 0.1) is 11.8 Å². The lowest BCUT2D eigenvalue weighted by atomic mass is 9.95. The summed E-state index contributed by atoms with van der Waals surface area (Å²) in [7, 11) is 0. The summed E-state index contributed by atoms with van der Waals surface area (Å²) in [5.74, 6) is -2.71. The number of hydroxylamine groups is 2. The van der Waals surface area contributed by atoms with E-state index in [4.69, 9.17) is 10.4 Å². The Kier molecular flexibility index (Phi) is 4.24. The third-order valence-corrected chi connectivity index (χ3v) is 1.80. The van der Waals surface area contributed by atoms with Crippen LogP contribution in [0.15, 0.2) is 0 Å². The molecule has 0 radical (unpaired) electrons. The van der Waals surface area contributed by atoms with E-state index in [1.54, 1.807) is 0 Å². The first kappa shape index (κ1) is 10.9. The van der Waals surface area contributed by atoms with Crippen LogP contribution in [-0.4, -0.2) is 22.2 Å². The summed E-state index contributed by atoms with van der Waals surface area (Å²) in [6, 6.07) is 0. The van der Waals surface area contributed by atoms with Crippen molar-refractivity contribution in [3.8, 4) is 0 Å². The Balaban J connectivity index is 4.18. The predicted octanol–water partition coefficient (Wildman–Crippen LogP) is -0.731. The number of amides is 2. The molecule has 0 fully saturated rings. The van der Waals surface area contributed by atoms with Gasteiger partial charge in [-0.1, -0.05) is 13.8 Å². The van der Waals surface area contributed by atoms with Gasteiger partial charge in [0, 0.05) is 11.8 Å². The Bertz CT molecular complexity index is 162. The van der Waals surface area contributed by atoms with Gasteiger partial charge in [-0.25, -0.2) is 11.0 Å². The number of hydrogen-bond acceptors (Lipinski definition) is 4. The van der Waals surface area contributed by atoms with E-state index in [0.717, 1.165) is 0 Å². The van der Waals surface area contributed by atoms with Crippen molar-refractivity contribution >= 4 is 11.8 Å². The molecule has 0 spiro atoms. The SMILES string of the molecule is CC(C(=O)NO)C(C)C(=O)NO. The normalized spacial score (nSPS) is 14.7. The molecule has 2 atom stereocenters. The standard InChI is InChI=1S/C6H12N2O4/c1-3(5(9)7-11)4(2)6(10)8-12/h3-4,11-12H,1-2H3,(H,7,9)(H,8,10). The maximum atomic E-state index is 10.8. The van der Waals surface area contributed by atoms with Crippen LogP contribution in [0.5, 0.6) is 0 Å². The van der Waals surface area contributed by atoms with Crippen molar-refractivity contribution < 1.29 is 20.0 Å². The highest BCUT2D eigenvalue weighted by atomic mass is 16.5. The second-order valence-corrected chi connectivity index (χ2v) is 2.53. The van der Waals surface area contributed by atoms with Crippen molar-refractivity contribution in [3.05, 3.63) is 0 Å². The Labute approximate surface area is 69.5 Å². The predicted molar refractivity (Wildman–Crippen MR) is 38.2 cm³/mol. The number of carbonyl (C=O) groups is 2. The van der Waals surface area contributed by atoms with E-state index in [2.05, 4.69) is 0 Å². The average molecular weight is 176 g/mol. The summed E-state index contributed by atoms with van der Waals surface area (Å²) >= 11 is 0. The van der Waals surface area contributed by atoms with E-state index in [1.807, 2.05) is 0 Å². The van der Waals surface area contributed by atoms with Crippen LogP contribution in [0.3, 0.4) is 0 Å². The van der Waals surface area contributed by atoms with E-state index in [-0.39, 0.29) is 0 Å². The van der Waals surface area contributed by atoms with Gasteiger partial charge in [0.15, 0.2) is 0 Å². The Morgan fingerprint density at radius 2 is 1.25 bits per heavy atom. The van der Waals surface area contributed by atoms with Crippen LogP contribution in [0.1, 0.15) is 13.8 Å². The molecule has 0 rings (SSSR count). The van der Waals surface area contributed by atoms with Gasteiger partial charge in [0.2, 0.25) is 11.8 Å². The van der Waals surface area contributed by atoms with Gasteiger partial charge in [-0.2, -0.15) is 0 Å². The fourth-order valence-electron chi connectivity index (χ4n) is 0.658. The zero-order chi connectivity index (χ0) is 9.72. The highest BCUT2D eigenvalue weighted by molar-refractivity contribution is 5.86. The van der Waals surface area contributed by atoms with E-state index in [1.165, 1.54) is 24.8 Å². The van der Waals surface area contributed by atoms with Gasteiger partial charge < -0.3 is 0 Å². The maximum Gasteiger partial charge on any atom is 0.246 e. The van der Waals surface area contributed by atoms with Crippen molar-refractivity contribution in [2.45, 2.75) is 13.8 Å². The van der Waals surface area contributed by atoms with Crippen molar-refractivity contribution in [1.82, 2.24) is 11.0 Å². The first-order valence-electron chi connectivity index (χ1n) is 3.42. The lowest BCUT2D eigenvalue weighted by molar-refractivity contribution is -0.142. The maximum absolute atomic E-state index is 10.8. The van der Waals surface area contributed by atoms with Crippen LogP contribution in [0.2, 0.25) is 0 Å². The van der Waals surface area contributed by atoms with Crippen LogP contribution < -0.4 is 11.0 Å². The van der Waals surface area contributed by atoms with Crippen molar-refractivity contribution in [2.24, 2.45) is 11.8 Å². The molecule has 0 aliphatic rings. The van der Waals surface area contributed by atoms with Crippen LogP contribution >= 0.6 is 0 Å². The van der Waals surface area contributed by atoms with E-state index in [9.17, 15) is 9.59 Å². The van der Waals surface area contributed by atoms with Gasteiger partial charge in [-0.3, -0.25) is 20.0 Å². The van der Waals surface area contributed by atoms with Crippen LogP contribution in [0.25, 0.3) is 0 Å². The molecule has 12 heavy (non-hydrogen) atoms. The fraction of sp³-hybridized carbons (Fsp3) is 0.667. The van der Waals surface area contributed by atoms with Crippen molar-refractivity contribution in [3.63, 3.8) is 0 Å². The summed E-state index contributed by atoms with van der Waals surface area (Å²) in [6.07, 6.45) is 0. The molecule has 70 valence electrons. The molecular formula is C6H12N2O4. The molecule has 0 heterocycles. The first-order valence-corrected chi connectivity index (χ1v) is 3.42. The number of hydrogen-bond donors (Lipinski definition) is 4. The molecule has 0 aromatic heterocycles. The molecule has 2 unspecified atom stereocenters. The highest BCUT2D eigenvalue weighted by Gasteiger charge is 2.25. The molecule has 4 N–H and O–H groups in total. The van der Waals surface area contributed by atoms with E-state index < -0.39 is 23.7 Å². The summed E-state index contributed by atoms with van der Waals surface area (Å²) in [4.78, 5) is 21.5. The van der Waals surface area contributed by atoms with Gasteiger partial charge >= 0.3 is 0 Å². The Morgan fingerprint density at radius 3 is 1.42 bits per heavy atom. The molecular weight excluding hydrogens is 164 g/mol. The number of carbonyl (C=O) groups excluding carboxylic acids is 2. The van der Waals surface area contributed by atoms with Crippen molar-refractivity contribution in [2.75, 3.05) is 0 Å². The summed E-state index contributed by atoms with van der Waals surface area (Å²) < 4.78 is 0. The first-order chi connectivity index (χ1) is 5.54. The third kappa shape index (κ3) is 2.48. The highest BCUT2D eigenvalue weighted by Crippen LogP contribution is 2.10. The van der Waals surface area contributed by atoms with E-state index in [0.29, 0.717) is 0 Å². The van der Waals surface area contributed by atoms with Gasteiger partial charge in [-0.15, -0.1) is 0 Å². The fourth-order valence-corrected chi connectivity index (χ4v) is 0.658. The van der Waals surface area contributed by atoms with Crippen LogP contribution in [-0.2, 0) is 9.59 Å². The monoisotopic (exact) mass is 176 g/mol. The lowest BCUT2D eigenvalue weighted by Gasteiger charge is -2.14. The number of nitrogens with one attached hydrogen (secondary N) is 2. The van der Waals surface area contributed by atoms with Gasteiger partial charge in [0.05, 0.1) is 0 Å². The Hall–Kier alpha value is -1.14. The molecule has 6 nitrogen and oxygen atoms in total. The molecule has 0 aromatic rings. The molecule has 0 aliphatic heterocycles. The van der Waals surface area contributed by atoms with Gasteiger partial charge in [-0.05, 0) is 0 Å². The number of rotatable bonds is 3. The van der Waals surface area contributed by atoms with E-state index >= 15 is 0 Å². The van der Waals surface area contributed by atoms with Gasteiger partial charge in [0.1, 0.15) is 0 Å². The minimum Gasteiger partial charge on any atom is -0.289 e. The quantitative estimate of drug-likeness (QED) is 0.336. The molecule has 0 aliphatic carbocycles. The second-order valence-electron chi connectivity index (χ2n) is 2.53. The molecule has 2 amide bonds.